The van der Waals surface area contributed by atoms with Crippen LogP contribution in [0, 0.1) is 0 Å². The van der Waals surface area contributed by atoms with Gasteiger partial charge in [-0.2, -0.15) is 0 Å². The van der Waals surface area contributed by atoms with Gasteiger partial charge in [0.1, 0.15) is 5.37 Å². The molecule has 1 aromatic heterocycles. The van der Waals surface area contributed by atoms with Crippen LogP contribution in [0.5, 0.6) is 0 Å². The molecule has 1 saturated heterocycles. The van der Waals surface area contributed by atoms with E-state index in [1.54, 1.807) is 60.6 Å². The highest BCUT2D eigenvalue weighted by Crippen LogP contribution is 2.39. The van der Waals surface area contributed by atoms with Crippen molar-refractivity contribution in [2.75, 3.05) is 11.1 Å². The van der Waals surface area contributed by atoms with E-state index in [1.165, 1.54) is 0 Å². The first kappa shape index (κ1) is 25.2. The molecule has 1 fully saturated rings. The van der Waals surface area contributed by atoms with Crippen LogP contribution in [-0.4, -0.2) is 33.4 Å². The lowest BCUT2D eigenvalue weighted by Gasteiger charge is -2.24. The predicted molar refractivity (Wildman–Crippen MR) is 148 cm³/mol. The van der Waals surface area contributed by atoms with Crippen LogP contribution >= 0.6 is 11.8 Å². The molecule has 1 atom stereocenters. The molecule has 2 heterocycles. The van der Waals surface area contributed by atoms with Gasteiger partial charge in [0.25, 0.3) is 11.8 Å². The van der Waals surface area contributed by atoms with Crippen molar-refractivity contribution in [2.45, 2.75) is 18.5 Å². The van der Waals surface area contributed by atoms with Gasteiger partial charge in [-0.1, -0.05) is 60.7 Å². The zero-order valence-electron chi connectivity index (χ0n) is 20.5. The summed E-state index contributed by atoms with van der Waals surface area (Å²) >= 11 is 1.58. The topological polar surface area (TPSA) is 91.4 Å². The SMILES string of the molecule is O=C(Nc1ccccc1C(=O)NCc1cccnc1)c1ccc([C@@H]2SCC(=O)N2Cc2ccccc2)cc1. The van der Waals surface area contributed by atoms with Gasteiger partial charge in [0.05, 0.1) is 17.0 Å². The smallest absolute Gasteiger partial charge is 0.255 e. The van der Waals surface area contributed by atoms with Crippen LogP contribution in [0.4, 0.5) is 5.69 Å². The van der Waals surface area contributed by atoms with Gasteiger partial charge in [-0.05, 0) is 47.0 Å². The summed E-state index contributed by atoms with van der Waals surface area (Å²) in [5.41, 5.74) is 4.18. The fraction of sp³-hybridized carbons (Fsp3) is 0.133. The Kier molecular flexibility index (Phi) is 7.80. The fourth-order valence-electron chi connectivity index (χ4n) is 4.25. The minimum atomic E-state index is -0.319. The van der Waals surface area contributed by atoms with Crippen LogP contribution in [0.25, 0.3) is 0 Å². The van der Waals surface area contributed by atoms with Crippen molar-refractivity contribution in [3.05, 3.63) is 131 Å². The normalized spacial score (nSPS) is 14.8. The summed E-state index contributed by atoms with van der Waals surface area (Å²) in [5.74, 6) is -0.0784. The average molecular weight is 523 g/mol. The monoisotopic (exact) mass is 522 g/mol. The van der Waals surface area contributed by atoms with Crippen molar-refractivity contribution in [1.82, 2.24) is 15.2 Å². The van der Waals surface area contributed by atoms with Crippen molar-refractivity contribution in [1.29, 1.82) is 0 Å². The van der Waals surface area contributed by atoms with Crippen LogP contribution in [-0.2, 0) is 17.9 Å². The molecule has 190 valence electrons. The number of pyridine rings is 1. The van der Waals surface area contributed by atoms with Crippen LogP contribution in [0.15, 0.2) is 103 Å². The van der Waals surface area contributed by atoms with Crippen molar-refractivity contribution >= 4 is 35.2 Å². The summed E-state index contributed by atoms with van der Waals surface area (Å²) in [4.78, 5) is 44.3. The molecule has 38 heavy (non-hydrogen) atoms. The molecule has 4 aromatic rings. The van der Waals surface area contributed by atoms with Gasteiger partial charge in [-0.25, -0.2) is 0 Å². The number of carbonyl (C=O) groups excluding carboxylic acids is 3. The molecule has 1 aliphatic heterocycles. The van der Waals surface area contributed by atoms with E-state index in [0.717, 1.165) is 16.7 Å². The zero-order valence-corrected chi connectivity index (χ0v) is 21.4. The van der Waals surface area contributed by atoms with Gasteiger partial charge >= 0.3 is 0 Å². The minimum absolute atomic E-state index is 0.101. The number of amides is 3. The number of carbonyl (C=O) groups is 3. The molecule has 2 N–H and O–H groups in total. The summed E-state index contributed by atoms with van der Waals surface area (Å²) in [6.07, 6.45) is 3.37. The lowest BCUT2D eigenvalue weighted by atomic mass is 10.1. The fourth-order valence-corrected chi connectivity index (χ4v) is 5.43. The summed E-state index contributed by atoms with van der Waals surface area (Å²) in [6.45, 7) is 0.874. The first-order valence-electron chi connectivity index (χ1n) is 12.2. The Hall–Kier alpha value is -4.43. The first-order valence-corrected chi connectivity index (χ1v) is 13.3. The second-order valence-corrected chi connectivity index (χ2v) is 9.90. The highest BCUT2D eigenvalue weighted by molar-refractivity contribution is 8.00. The molecule has 0 spiro atoms. The summed E-state index contributed by atoms with van der Waals surface area (Å²) in [6, 6.07) is 27.8. The lowest BCUT2D eigenvalue weighted by molar-refractivity contribution is -0.128. The molecule has 5 rings (SSSR count). The minimum Gasteiger partial charge on any atom is -0.348 e. The van der Waals surface area contributed by atoms with E-state index in [0.29, 0.717) is 35.7 Å². The molecular formula is C30H26N4O3S. The summed E-state index contributed by atoms with van der Waals surface area (Å²) < 4.78 is 0. The Morgan fingerprint density at radius 2 is 1.61 bits per heavy atom. The van der Waals surface area contributed by atoms with Crippen LogP contribution in [0.1, 0.15) is 42.8 Å². The van der Waals surface area contributed by atoms with Crippen LogP contribution in [0.3, 0.4) is 0 Å². The van der Waals surface area contributed by atoms with Crippen LogP contribution < -0.4 is 10.6 Å². The molecule has 0 unspecified atom stereocenters. The molecule has 7 nitrogen and oxygen atoms in total. The number of para-hydroxylation sites is 1. The number of anilines is 1. The third kappa shape index (κ3) is 5.92. The zero-order chi connectivity index (χ0) is 26.3. The Labute approximate surface area is 225 Å². The number of nitrogens with one attached hydrogen (secondary N) is 2. The number of hydrogen-bond donors (Lipinski definition) is 2. The molecule has 8 heteroatoms. The summed E-state index contributed by atoms with van der Waals surface area (Å²) in [7, 11) is 0. The maximum atomic E-state index is 13.0. The van der Waals surface area contributed by atoms with E-state index in [-0.39, 0.29) is 23.1 Å². The van der Waals surface area contributed by atoms with Crippen molar-refractivity contribution < 1.29 is 14.4 Å². The molecule has 0 saturated carbocycles. The molecule has 1 aliphatic rings. The van der Waals surface area contributed by atoms with Crippen molar-refractivity contribution in [3.8, 4) is 0 Å². The Morgan fingerprint density at radius 3 is 2.37 bits per heavy atom. The molecule has 0 aliphatic carbocycles. The number of nitrogens with zero attached hydrogens (tertiary/aromatic N) is 2. The van der Waals surface area contributed by atoms with E-state index in [4.69, 9.17) is 0 Å². The second-order valence-electron chi connectivity index (χ2n) is 8.84. The van der Waals surface area contributed by atoms with Gasteiger partial charge < -0.3 is 15.5 Å². The molecule has 0 bridgehead atoms. The van der Waals surface area contributed by atoms with Gasteiger partial charge in [0.2, 0.25) is 5.91 Å². The molecule has 0 radical (unpaired) electrons. The third-order valence-corrected chi connectivity index (χ3v) is 7.47. The average Bonchev–Trinajstić information content (AvgIpc) is 3.32. The molecular weight excluding hydrogens is 496 g/mol. The van der Waals surface area contributed by atoms with Crippen molar-refractivity contribution in [2.24, 2.45) is 0 Å². The number of thioether (sulfide) groups is 1. The predicted octanol–water partition coefficient (Wildman–Crippen LogP) is 5.04. The maximum Gasteiger partial charge on any atom is 0.255 e. The van der Waals surface area contributed by atoms with E-state index in [2.05, 4.69) is 15.6 Å². The van der Waals surface area contributed by atoms with E-state index < -0.39 is 0 Å². The molecule has 3 amide bonds. The number of rotatable bonds is 8. The number of hydrogen-bond acceptors (Lipinski definition) is 5. The number of aromatic nitrogens is 1. The van der Waals surface area contributed by atoms with Gasteiger partial charge in [0, 0.05) is 31.0 Å². The van der Waals surface area contributed by atoms with Gasteiger partial charge in [0.15, 0.2) is 0 Å². The first-order chi connectivity index (χ1) is 18.6. The second kappa shape index (κ2) is 11.7. The quantitative estimate of drug-likeness (QED) is 0.338. The molecule has 3 aromatic carbocycles. The highest BCUT2D eigenvalue weighted by Gasteiger charge is 2.32. The Morgan fingerprint density at radius 1 is 0.868 bits per heavy atom. The maximum absolute atomic E-state index is 13.0. The van der Waals surface area contributed by atoms with E-state index in [9.17, 15) is 14.4 Å². The van der Waals surface area contributed by atoms with Gasteiger partial charge in [-0.15, -0.1) is 11.8 Å². The lowest BCUT2D eigenvalue weighted by Crippen LogP contribution is -2.27. The third-order valence-electron chi connectivity index (χ3n) is 6.22. The standard InChI is InChI=1S/C30H26N4O3S/c35-27-20-38-30(34(27)19-21-7-2-1-3-8-21)24-14-12-23(13-15-24)28(36)33-26-11-5-4-10-25(26)29(37)32-18-22-9-6-16-31-17-22/h1-17,30H,18-20H2,(H,32,37)(H,33,36)/t30-/m0/s1. The number of benzene rings is 3. The van der Waals surface area contributed by atoms with Gasteiger partial charge in [-0.3, -0.25) is 19.4 Å². The Balaban J connectivity index is 1.25. The largest absolute Gasteiger partial charge is 0.348 e. The highest BCUT2D eigenvalue weighted by atomic mass is 32.2. The van der Waals surface area contributed by atoms with E-state index in [1.807, 2.05) is 59.5 Å². The Bertz CT molecular complexity index is 1430. The van der Waals surface area contributed by atoms with Crippen LogP contribution in [0.2, 0.25) is 0 Å². The van der Waals surface area contributed by atoms with E-state index >= 15 is 0 Å². The van der Waals surface area contributed by atoms with Crippen molar-refractivity contribution in [3.63, 3.8) is 0 Å². The summed E-state index contributed by atoms with van der Waals surface area (Å²) in [5, 5.41) is 5.62.